The molecule has 7 rings (SSSR count). The first kappa shape index (κ1) is 20.7. The molecule has 1 heterocycles. The number of hydrogen-bond acceptors (Lipinski definition) is 0. The van der Waals surface area contributed by atoms with Gasteiger partial charge in [-0.15, -0.1) is 0 Å². The van der Waals surface area contributed by atoms with Gasteiger partial charge >= 0.3 is 0 Å². The zero-order valence-corrected chi connectivity index (χ0v) is 21.3. The van der Waals surface area contributed by atoms with E-state index in [1.54, 1.807) is 0 Å². The van der Waals surface area contributed by atoms with Crippen molar-refractivity contribution >= 4 is 37.7 Å². The molecule has 5 aromatic carbocycles. The quantitative estimate of drug-likeness (QED) is 0.217. The van der Waals surface area contributed by atoms with E-state index in [0.29, 0.717) is 0 Å². The molecule has 35 heavy (non-hydrogen) atoms. The van der Waals surface area contributed by atoms with E-state index in [9.17, 15) is 0 Å². The van der Waals surface area contributed by atoms with E-state index in [0.717, 1.165) is 4.47 Å². The van der Waals surface area contributed by atoms with Crippen LogP contribution in [-0.2, 0) is 5.41 Å². The van der Waals surface area contributed by atoms with Crippen molar-refractivity contribution in [1.82, 2.24) is 4.57 Å². The van der Waals surface area contributed by atoms with Crippen LogP contribution in [0.3, 0.4) is 0 Å². The highest BCUT2D eigenvalue weighted by Gasteiger charge is 2.35. The Bertz CT molecular complexity index is 1770. The molecule has 0 N–H and O–H groups in total. The van der Waals surface area contributed by atoms with E-state index < -0.39 is 0 Å². The molecule has 0 spiro atoms. The van der Waals surface area contributed by atoms with Gasteiger partial charge in [0.2, 0.25) is 0 Å². The minimum absolute atomic E-state index is 0.0130. The summed E-state index contributed by atoms with van der Waals surface area (Å²) in [6.45, 7) is 4.68. The Morgan fingerprint density at radius 3 is 2.11 bits per heavy atom. The van der Waals surface area contributed by atoms with Crippen LogP contribution in [0.1, 0.15) is 25.0 Å². The summed E-state index contributed by atoms with van der Waals surface area (Å²) in [7, 11) is 0. The molecule has 0 aliphatic heterocycles. The number of fused-ring (bicyclic) bond motifs is 6. The molecule has 1 aliphatic rings. The number of benzene rings is 5. The van der Waals surface area contributed by atoms with Crippen LogP contribution in [0.5, 0.6) is 0 Å². The maximum Gasteiger partial charge on any atom is 0.0541 e. The Morgan fingerprint density at radius 2 is 1.26 bits per heavy atom. The minimum Gasteiger partial charge on any atom is -0.309 e. The maximum absolute atomic E-state index is 3.65. The van der Waals surface area contributed by atoms with Crippen molar-refractivity contribution in [2.24, 2.45) is 0 Å². The average molecular weight is 514 g/mol. The molecule has 0 bridgehead atoms. The third-order valence-electron chi connectivity index (χ3n) is 7.68. The molecule has 0 saturated carbocycles. The van der Waals surface area contributed by atoms with Crippen molar-refractivity contribution in [3.8, 4) is 27.9 Å². The van der Waals surface area contributed by atoms with E-state index >= 15 is 0 Å². The second-order valence-electron chi connectivity index (χ2n) is 9.99. The first-order valence-electron chi connectivity index (χ1n) is 12.1. The van der Waals surface area contributed by atoms with Gasteiger partial charge in [-0.1, -0.05) is 96.5 Å². The zero-order valence-electron chi connectivity index (χ0n) is 19.7. The second kappa shape index (κ2) is 7.44. The molecule has 0 radical (unpaired) electrons. The number of hydrogen-bond donors (Lipinski definition) is 0. The van der Waals surface area contributed by atoms with Crippen molar-refractivity contribution in [3.05, 3.63) is 125 Å². The summed E-state index contributed by atoms with van der Waals surface area (Å²) in [6.07, 6.45) is 0. The Labute approximate surface area is 213 Å². The molecule has 1 aromatic heterocycles. The summed E-state index contributed by atoms with van der Waals surface area (Å²) in [4.78, 5) is 0. The van der Waals surface area contributed by atoms with Crippen LogP contribution in [0.2, 0.25) is 0 Å². The molecule has 0 atom stereocenters. The van der Waals surface area contributed by atoms with Gasteiger partial charge < -0.3 is 4.57 Å². The first-order valence-corrected chi connectivity index (χ1v) is 12.9. The molecule has 168 valence electrons. The zero-order chi connectivity index (χ0) is 23.7. The molecule has 0 fully saturated rings. The van der Waals surface area contributed by atoms with Crippen LogP contribution in [0.25, 0.3) is 49.7 Å². The summed E-state index contributed by atoms with van der Waals surface area (Å²) in [5.74, 6) is 0. The monoisotopic (exact) mass is 513 g/mol. The smallest absolute Gasteiger partial charge is 0.0541 e. The lowest BCUT2D eigenvalue weighted by Crippen LogP contribution is -2.14. The van der Waals surface area contributed by atoms with E-state index in [-0.39, 0.29) is 5.41 Å². The summed E-state index contributed by atoms with van der Waals surface area (Å²) < 4.78 is 3.47. The van der Waals surface area contributed by atoms with E-state index in [1.165, 1.54) is 60.9 Å². The lowest BCUT2D eigenvalue weighted by Gasteiger charge is -2.22. The van der Waals surface area contributed by atoms with E-state index in [4.69, 9.17) is 0 Å². The standard InChI is InChI=1S/C33H24BrN/c1-33(2)29-9-5-3-7-25(29)26-17-13-22(19-30(26)33)21-11-15-24(16-12-21)35-31-10-6-4-8-27(31)28-20-23(34)14-18-32(28)35/h3-20H,1-2H3. The highest BCUT2D eigenvalue weighted by atomic mass is 79.9. The highest BCUT2D eigenvalue weighted by Crippen LogP contribution is 2.49. The normalized spacial score (nSPS) is 13.8. The summed E-state index contributed by atoms with van der Waals surface area (Å²) in [5, 5.41) is 2.53. The van der Waals surface area contributed by atoms with Crippen LogP contribution in [0, 0.1) is 0 Å². The Hall–Kier alpha value is -3.62. The Kier molecular flexibility index (Phi) is 4.40. The fraction of sp³-hybridized carbons (Fsp3) is 0.0909. The van der Waals surface area contributed by atoms with Crippen LogP contribution in [0.15, 0.2) is 114 Å². The summed E-state index contributed by atoms with van der Waals surface area (Å²) >= 11 is 3.65. The Balaban J connectivity index is 1.34. The number of para-hydroxylation sites is 1. The van der Waals surface area contributed by atoms with Crippen LogP contribution >= 0.6 is 15.9 Å². The molecule has 0 amide bonds. The van der Waals surface area contributed by atoms with Crippen LogP contribution in [0.4, 0.5) is 0 Å². The van der Waals surface area contributed by atoms with Gasteiger partial charge in [-0.05, 0) is 75.8 Å². The Morgan fingerprint density at radius 1 is 0.571 bits per heavy atom. The SMILES string of the molecule is CC1(C)c2ccccc2-c2ccc(-c3ccc(-n4c5ccccc5c5cc(Br)ccc54)cc3)cc21. The number of aromatic nitrogens is 1. The molecular formula is C33H24BrN. The third-order valence-corrected chi connectivity index (χ3v) is 8.17. The predicted molar refractivity (Wildman–Crippen MR) is 151 cm³/mol. The van der Waals surface area contributed by atoms with Crippen molar-refractivity contribution in [2.75, 3.05) is 0 Å². The summed E-state index contributed by atoms with van der Waals surface area (Å²) in [5.41, 5.74) is 11.7. The first-order chi connectivity index (χ1) is 17.0. The van der Waals surface area contributed by atoms with Gasteiger partial charge in [-0.3, -0.25) is 0 Å². The van der Waals surface area contributed by atoms with Crippen molar-refractivity contribution in [3.63, 3.8) is 0 Å². The highest BCUT2D eigenvalue weighted by molar-refractivity contribution is 9.10. The third kappa shape index (κ3) is 3.00. The van der Waals surface area contributed by atoms with Crippen molar-refractivity contribution < 1.29 is 0 Å². The number of halogens is 1. The van der Waals surface area contributed by atoms with Gasteiger partial charge in [-0.25, -0.2) is 0 Å². The average Bonchev–Trinajstić information content (AvgIpc) is 3.33. The van der Waals surface area contributed by atoms with Gasteiger partial charge in [0.1, 0.15) is 0 Å². The molecule has 0 saturated heterocycles. The fourth-order valence-corrected chi connectivity index (χ4v) is 6.27. The lowest BCUT2D eigenvalue weighted by molar-refractivity contribution is 0.660. The molecule has 1 aliphatic carbocycles. The number of nitrogens with zero attached hydrogens (tertiary/aromatic N) is 1. The molecular weight excluding hydrogens is 490 g/mol. The van der Waals surface area contributed by atoms with Gasteiger partial charge in [0.15, 0.2) is 0 Å². The molecule has 6 aromatic rings. The lowest BCUT2D eigenvalue weighted by atomic mass is 9.81. The van der Waals surface area contributed by atoms with Gasteiger partial charge in [-0.2, -0.15) is 0 Å². The fourth-order valence-electron chi connectivity index (χ4n) is 5.91. The predicted octanol–water partition coefficient (Wildman–Crippen LogP) is 9.52. The number of rotatable bonds is 2. The van der Waals surface area contributed by atoms with E-state index in [1.807, 2.05) is 0 Å². The van der Waals surface area contributed by atoms with Gasteiger partial charge in [0.05, 0.1) is 11.0 Å². The largest absolute Gasteiger partial charge is 0.309 e. The van der Waals surface area contributed by atoms with Gasteiger partial charge in [0, 0.05) is 26.3 Å². The summed E-state index contributed by atoms with van der Waals surface area (Å²) in [6, 6.07) is 40.0. The van der Waals surface area contributed by atoms with Gasteiger partial charge in [0.25, 0.3) is 0 Å². The van der Waals surface area contributed by atoms with Crippen LogP contribution < -0.4 is 0 Å². The second-order valence-corrected chi connectivity index (χ2v) is 10.9. The minimum atomic E-state index is 0.0130. The molecule has 0 unspecified atom stereocenters. The topological polar surface area (TPSA) is 4.93 Å². The van der Waals surface area contributed by atoms with E-state index in [2.05, 4.69) is 144 Å². The molecule has 2 heteroatoms. The maximum atomic E-state index is 3.65. The van der Waals surface area contributed by atoms with Crippen LogP contribution in [-0.4, -0.2) is 4.57 Å². The molecule has 1 nitrogen and oxygen atoms in total. The van der Waals surface area contributed by atoms with Crippen molar-refractivity contribution in [2.45, 2.75) is 19.3 Å². The van der Waals surface area contributed by atoms with Crippen molar-refractivity contribution in [1.29, 1.82) is 0 Å².